The number of carbonyl (C=O) groups excluding carboxylic acids is 2. The Labute approximate surface area is 149 Å². The molecule has 0 aromatic heterocycles. The standard InChI is InChI=1S/C13H16O2.C7H14O3/c14-12(11-7-3-1-4-8-11)13(15)9-5-2-6-10-13;1-6(2,9)5(8)7(3,4)10/h1,3-4,7-8,15H,2,5-6,9-10H2;9-10H,1-4H3. The number of hydrogen-bond acceptors (Lipinski definition) is 5. The van der Waals surface area contributed by atoms with Gasteiger partial charge in [-0.15, -0.1) is 0 Å². The summed E-state index contributed by atoms with van der Waals surface area (Å²) in [6.45, 7) is 5.42. The van der Waals surface area contributed by atoms with Gasteiger partial charge in [0.1, 0.15) is 16.8 Å². The third kappa shape index (κ3) is 6.34. The van der Waals surface area contributed by atoms with Crippen molar-refractivity contribution in [3.8, 4) is 0 Å². The van der Waals surface area contributed by atoms with E-state index in [9.17, 15) is 14.7 Å². The van der Waals surface area contributed by atoms with Crippen molar-refractivity contribution in [3.63, 3.8) is 0 Å². The highest BCUT2D eigenvalue weighted by atomic mass is 16.3. The van der Waals surface area contributed by atoms with Gasteiger partial charge in [-0.25, -0.2) is 0 Å². The number of Topliss-reactive ketones (excluding diaryl/α,β-unsaturated/α-hetero) is 2. The number of ketones is 2. The molecule has 0 aliphatic heterocycles. The molecule has 1 aliphatic rings. The Bertz CT molecular complexity index is 556. The Balaban J connectivity index is 0.000000275. The third-order valence-corrected chi connectivity index (χ3v) is 4.25. The summed E-state index contributed by atoms with van der Waals surface area (Å²) >= 11 is 0. The normalized spacial score (nSPS) is 17.2. The molecule has 1 fully saturated rings. The topological polar surface area (TPSA) is 94.8 Å². The molecule has 2 rings (SSSR count). The van der Waals surface area contributed by atoms with Crippen molar-refractivity contribution in [2.75, 3.05) is 0 Å². The maximum atomic E-state index is 12.1. The molecule has 0 bridgehead atoms. The summed E-state index contributed by atoms with van der Waals surface area (Å²) < 4.78 is 0. The quantitative estimate of drug-likeness (QED) is 0.726. The molecule has 140 valence electrons. The predicted octanol–water partition coefficient (Wildman–Crippen LogP) is 2.66. The van der Waals surface area contributed by atoms with Crippen LogP contribution in [0.1, 0.15) is 70.2 Å². The van der Waals surface area contributed by atoms with Gasteiger partial charge in [-0.3, -0.25) is 9.59 Å². The number of rotatable bonds is 4. The van der Waals surface area contributed by atoms with Crippen LogP contribution in [0.4, 0.5) is 0 Å². The van der Waals surface area contributed by atoms with Gasteiger partial charge in [-0.1, -0.05) is 49.6 Å². The van der Waals surface area contributed by atoms with Gasteiger partial charge in [-0.2, -0.15) is 0 Å². The predicted molar refractivity (Wildman–Crippen MR) is 96.4 cm³/mol. The molecule has 3 N–H and O–H groups in total. The van der Waals surface area contributed by atoms with Crippen LogP contribution in [0.2, 0.25) is 0 Å². The van der Waals surface area contributed by atoms with E-state index in [1.54, 1.807) is 12.1 Å². The van der Waals surface area contributed by atoms with Crippen molar-refractivity contribution >= 4 is 11.6 Å². The summed E-state index contributed by atoms with van der Waals surface area (Å²) in [6, 6.07) is 9.09. The molecule has 0 spiro atoms. The summed E-state index contributed by atoms with van der Waals surface area (Å²) in [5.74, 6) is -0.678. The molecule has 1 saturated carbocycles. The van der Waals surface area contributed by atoms with E-state index in [0.29, 0.717) is 18.4 Å². The first-order chi connectivity index (χ1) is 11.4. The van der Waals surface area contributed by atoms with E-state index in [0.717, 1.165) is 19.3 Å². The minimum Gasteiger partial charge on any atom is -0.383 e. The largest absolute Gasteiger partial charge is 0.383 e. The van der Waals surface area contributed by atoms with Crippen molar-refractivity contribution in [1.29, 1.82) is 0 Å². The van der Waals surface area contributed by atoms with Crippen LogP contribution in [0, 0.1) is 0 Å². The van der Waals surface area contributed by atoms with E-state index in [-0.39, 0.29) is 5.78 Å². The average molecular weight is 350 g/mol. The highest BCUT2D eigenvalue weighted by molar-refractivity contribution is 6.02. The van der Waals surface area contributed by atoms with Crippen LogP contribution >= 0.6 is 0 Å². The Morgan fingerprint density at radius 1 is 0.880 bits per heavy atom. The van der Waals surface area contributed by atoms with Crippen LogP contribution in [0.3, 0.4) is 0 Å². The lowest BCUT2D eigenvalue weighted by Crippen LogP contribution is -2.45. The molecule has 1 aromatic rings. The summed E-state index contributed by atoms with van der Waals surface area (Å²) in [4.78, 5) is 23.1. The van der Waals surface area contributed by atoms with Crippen LogP contribution in [-0.2, 0) is 4.79 Å². The lowest BCUT2D eigenvalue weighted by atomic mass is 9.79. The van der Waals surface area contributed by atoms with Gasteiger partial charge in [0.25, 0.3) is 0 Å². The summed E-state index contributed by atoms with van der Waals surface area (Å²) in [6.07, 6.45) is 4.26. The van der Waals surface area contributed by atoms with E-state index < -0.39 is 22.6 Å². The lowest BCUT2D eigenvalue weighted by Gasteiger charge is -2.30. The van der Waals surface area contributed by atoms with Gasteiger partial charge in [0.2, 0.25) is 0 Å². The Kier molecular flexibility index (Phi) is 7.06. The third-order valence-electron chi connectivity index (χ3n) is 4.25. The molecule has 0 unspecified atom stereocenters. The number of carbonyl (C=O) groups is 2. The van der Waals surface area contributed by atoms with E-state index in [4.69, 9.17) is 10.2 Å². The van der Waals surface area contributed by atoms with Crippen molar-refractivity contribution in [1.82, 2.24) is 0 Å². The second-order valence-electron chi connectivity index (χ2n) is 7.73. The molecule has 0 radical (unpaired) electrons. The maximum Gasteiger partial charge on any atom is 0.194 e. The second kappa shape index (κ2) is 8.21. The van der Waals surface area contributed by atoms with Gasteiger partial charge in [-0.05, 0) is 40.5 Å². The van der Waals surface area contributed by atoms with Gasteiger partial charge < -0.3 is 15.3 Å². The highest BCUT2D eigenvalue weighted by Gasteiger charge is 2.37. The average Bonchev–Trinajstić information content (AvgIpc) is 2.54. The maximum absolute atomic E-state index is 12.1. The molecular formula is C20H30O5. The first-order valence-electron chi connectivity index (χ1n) is 8.70. The highest BCUT2D eigenvalue weighted by Crippen LogP contribution is 2.31. The lowest BCUT2D eigenvalue weighted by molar-refractivity contribution is -0.150. The molecule has 0 heterocycles. The zero-order valence-corrected chi connectivity index (χ0v) is 15.6. The van der Waals surface area contributed by atoms with Crippen LogP contribution in [0.5, 0.6) is 0 Å². The van der Waals surface area contributed by atoms with E-state index in [2.05, 4.69) is 0 Å². The summed E-state index contributed by atoms with van der Waals surface area (Å²) in [5.41, 5.74) is -3.36. The molecule has 1 aliphatic carbocycles. The SMILES string of the molecule is CC(C)(O)C(=O)C(C)(C)O.O=C(c1ccccc1)C1(O)CCCCC1. The van der Waals surface area contributed by atoms with Crippen molar-refractivity contribution in [2.45, 2.75) is 76.6 Å². The molecule has 25 heavy (non-hydrogen) atoms. The molecule has 1 aromatic carbocycles. The van der Waals surface area contributed by atoms with Gasteiger partial charge >= 0.3 is 0 Å². The molecule has 0 amide bonds. The van der Waals surface area contributed by atoms with Crippen molar-refractivity contribution < 1.29 is 24.9 Å². The first kappa shape index (κ1) is 21.5. The summed E-state index contributed by atoms with van der Waals surface area (Å²) in [5, 5.41) is 28.5. The van der Waals surface area contributed by atoms with Gasteiger partial charge in [0.05, 0.1) is 0 Å². The number of aliphatic hydroxyl groups is 3. The minimum absolute atomic E-state index is 0.109. The smallest absolute Gasteiger partial charge is 0.194 e. The van der Waals surface area contributed by atoms with Crippen LogP contribution in [0.15, 0.2) is 30.3 Å². The fourth-order valence-electron chi connectivity index (χ4n) is 2.97. The van der Waals surface area contributed by atoms with Gasteiger partial charge in [0, 0.05) is 5.56 Å². The fourth-order valence-corrected chi connectivity index (χ4v) is 2.97. The Morgan fingerprint density at radius 2 is 1.32 bits per heavy atom. The molecule has 0 atom stereocenters. The fraction of sp³-hybridized carbons (Fsp3) is 0.600. The number of hydrogen-bond donors (Lipinski definition) is 3. The van der Waals surface area contributed by atoms with Gasteiger partial charge in [0.15, 0.2) is 11.6 Å². The molecule has 0 saturated heterocycles. The zero-order valence-electron chi connectivity index (χ0n) is 15.6. The Morgan fingerprint density at radius 3 is 1.68 bits per heavy atom. The number of benzene rings is 1. The zero-order chi connectivity index (χ0) is 19.3. The molecular weight excluding hydrogens is 320 g/mol. The monoisotopic (exact) mass is 350 g/mol. The van der Waals surface area contributed by atoms with E-state index in [1.807, 2.05) is 18.2 Å². The second-order valence-corrected chi connectivity index (χ2v) is 7.73. The van der Waals surface area contributed by atoms with Crippen LogP contribution in [0.25, 0.3) is 0 Å². The summed E-state index contributed by atoms with van der Waals surface area (Å²) in [7, 11) is 0. The minimum atomic E-state index is -1.45. The van der Waals surface area contributed by atoms with E-state index in [1.165, 1.54) is 27.7 Å². The molecule has 5 heteroatoms. The van der Waals surface area contributed by atoms with E-state index >= 15 is 0 Å². The van der Waals surface area contributed by atoms with Crippen LogP contribution < -0.4 is 0 Å². The molecule has 5 nitrogen and oxygen atoms in total. The van der Waals surface area contributed by atoms with Crippen molar-refractivity contribution in [3.05, 3.63) is 35.9 Å². The van der Waals surface area contributed by atoms with Crippen LogP contribution in [-0.4, -0.2) is 43.7 Å². The first-order valence-corrected chi connectivity index (χ1v) is 8.70. The Hall–Kier alpha value is -1.56. The van der Waals surface area contributed by atoms with Crippen molar-refractivity contribution in [2.24, 2.45) is 0 Å².